The van der Waals surface area contributed by atoms with Crippen LogP contribution in [0.3, 0.4) is 0 Å². The van der Waals surface area contributed by atoms with Crippen molar-refractivity contribution in [2.75, 3.05) is 0 Å². The van der Waals surface area contributed by atoms with Crippen LogP contribution in [0.1, 0.15) is 37.7 Å². The minimum atomic E-state index is -0.667. The van der Waals surface area contributed by atoms with E-state index in [1.807, 2.05) is 10.8 Å². The van der Waals surface area contributed by atoms with E-state index in [0.29, 0.717) is 12.0 Å². The van der Waals surface area contributed by atoms with E-state index < -0.39 is 5.97 Å². The molecule has 1 aromatic carbocycles. The summed E-state index contributed by atoms with van der Waals surface area (Å²) in [6, 6.07) is 8.46. The van der Waals surface area contributed by atoms with Gasteiger partial charge in [0.15, 0.2) is 0 Å². The van der Waals surface area contributed by atoms with Crippen LogP contribution in [0.15, 0.2) is 43.0 Å². The van der Waals surface area contributed by atoms with Gasteiger partial charge in [-0.2, -0.15) is 0 Å². The lowest BCUT2D eigenvalue weighted by molar-refractivity contribution is -0.142. The van der Waals surface area contributed by atoms with Gasteiger partial charge >= 0.3 is 5.97 Å². The fourth-order valence-electron chi connectivity index (χ4n) is 4.42. The van der Waals surface area contributed by atoms with Gasteiger partial charge in [0.1, 0.15) is 6.04 Å². The standard InChI is InChI=1S/C19H23N3O2/c23-19(24)18-11-15-3-1-2-4-17(15)22(18)12-14-5-7-16(8-6-14)21-10-9-20-13-21/h5-10,13,15,17-18H,1-4,11-12H2,(H,23,24)/t15-,17+,18+/m1/s1. The molecule has 5 nitrogen and oxygen atoms in total. The first-order valence-electron chi connectivity index (χ1n) is 8.78. The van der Waals surface area contributed by atoms with Gasteiger partial charge in [-0.3, -0.25) is 9.69 Å². The average Bonchev–Trinajstić information content (AvgIpc) is 3.24. The summed E-state index contributed by atoms with van der Waals surface area (Å²) < 4.78 is 1.97. The molecule has 1 saturated carbocycles. The Hall–Kier alpha value is -2.14. The first-order valence-corrected chi connectivity index (χ1v) is 8.78. The number of hydrogen-bond donors (Lipinski definition) is 1. The van der Waals surface area contributed by atoms with E-state index in [0.717, 1.165) is 25.1 Å². The molecule has 2 aliphatic rings. The first kappa shape index (κ1) is 15.4. The van der Waals surface area contributed by atoms with Gasteiger partial charge in [0.2, 0.25) is 0 Å². The molecule has 1 N–H and O–H groups in total. The molecule has 0 amide bonds. The van der Waals surface area contributed by atoms with E-state index >= 15 is 0 Å². The number of nitrogens with zero attached hydrogens (tertiary/aromatic N) is 3. The van der Waals surface area contributed by atoms with Crippen LogP contribution in [-0.4, -0.2) is 37.6 Å². The van der Waals surface area contributed by atoms with Crippen molar-refractivity contribution in [2.45, 2.75) is 50.7 Å². The highest BCUT2D eigenvalue weighted by Gasteiger charge is 2.44. The lowest BCUT2D eigenvalue weighted by Crippen LogP contribution is -2.41. The zero-order chi connectivity index (χ0) is 16.5. The van der Waals surface area contributed by atoms with Crippen LogP contribution < -0.4 is 0 Å². The normalized spacial score (nSPS) is 27.1. The summed E-state index contributed by atoms with van der Waals surface area (Å²) in [5, 5.41) is 9.63. The molecule has 1 aromatic heterocycles. The summed E-state index contributed by atoms with van der Waals surface area (Å²) in [6.45, 7) is 0.725. The molecular weight excluding hydrogens is 302 g/mol. The molecule has 1 saturated heterocycles. The van der Waals surface area contributed by atoms with E-state index in [4.69, 9.17) is 0 Å². The molecular formula is C19H23N3O2. The van der Waals surface area contributed by atoms with Gasteiger partial charge in [-0.05, 0) is 42.9 Å². The van der Waals surface area contributed by atoms with E-state index in [2.05, 4.69) is 34.1 Å². The Morgan fingerprint density at radius 3 is 2.71 bits per heavy atom. The van der Waals surface area contributed by atoms with Crippen molar-refractivity contribution in [2.24, 2.45) is 5.92 Å². The maximum atomic E-state index is 11.7. The van der Waals surface area contributed by atoms with Gasteiger partial charge in [-0.1, -0.05) is 25.0 Å². The molecule has 2 aromatic rings. The number of carbonyl (C=O) groups is 1. The fourth-order valence-corrected chi connectivity index (χ4v) is 4.42. The minimum Gasteiger partial charge on any atom is -0.480 e. The lowest BCUT2D eigenvalue weighted by Gasteiger charge is -2.33. The number of benzene rings is 1. The summed E-state index contributed by atoms with van der Waals surface area (Å²) >= 11 is 0. The van der Waals surface area contributed by atoms with Gasteiger partial charge in [-0.25, -0.2) is 4.98 Å². The third kappa shape index (κ3) is 2.84. The van der Waals surface area contributed by atoms with Crippen molar-refractivity contribution in [3.05, 3.63) is 48.5 Å². The SMILES string of the molecule is O=C(O)[C@@H]1C[C@H]2CCCC[C@@H]2N1Cc1ccc(-n2ccnc2)cc1. The topological polar surface area (TPSA) is 58.4 Å². The van der Waals surface area contributed by atoms with Crippen molar-refractivity contribution in [1.82, 2.24) is 14.5 Å². The Labute approximate surface area is 141 Å². The largest absolute Gasteiger partial charge is 0.480 e. The molecule has 24 heavy (non-hydrogen) atoms. The van der Waals surface area contributed by atoms with Crippen LogP contribution in [0.2, 0.25) is 0 Å². The molecule has 0 spiro atoms. The summed E-state index contributed by atoms with van der Waals surface area (Å²) in [6.07, 6.45) is 11.1. The van der Waals surface area contributed by atoms with Gasteiger partial charge < -0.3 is 9.67 Å². The molecule has 3 atom stereocenters. The average molecular weight is 325 g/mol. The van der Waals surface area contributed by atoms with E-state index in [1.165, 1.54) is 24.8 Å². The monoisotopic (exact) mass is 325 g/mol. The maximum absolute atomic E-state index is 11.7. The molecule has 1 aliphatic carbocycles. The number of aliphatic carboxylic acids is 1. The maximum Gasteiger partial charge on any atom is 0.320 e. The number of likely N-dealkylation sites (tertiary alicyclic amines) is 1. The van der Waals surface area contributed by atoms with E-state index in [-0.39, 0.29) is 6.04 Å². The Morgan fingerprint density at radius 2 is 2.00 bits per heavy atom. The van der Waals surface area contributed by atoms with Crippen molar-refractivity contribution >= 4 is 5.97 Å². The molecule has 2 heterocycles. The molecule has 126 valence electrons. The highest BCUT2D eigenvalue weighted by Crippen LogP contribution is 2.40. The van der Waals surface area contributed by atoms with Crippen LogP contribution in [0, 0.1) is 5.92 Å². The zero-order valence-corrected chi connectivity index (χ0v) is 13.7. The lowest BCUT2D eigenvalue weighted by atomic mass is 9.84. The van der Waals surface area contributed by atoms with Gasteiger partial charge in [0, 0.05) is 30.7 Å². The van der Waals surface area contributed by atoms with Crippen LogP contribution in [0.4, 0.5) is 0 Å². The third-order valence-corrected chi connectivity index (χ3v) is 5.61. The smallest absolute Gasteiger partial charge is 0.320 e. The number of imidazole rings is 1. The van der Waals surface area contributed by atoms with E-state index in [9.17, 15) is 9.90 Å². The van der Waals surface area contributed by atoms with Gasteiger partial charge in [0.25, 0.3) is 0 Å². The summed E-state index contributed by atoms with van der Waals surface area (Å²) in [5.74, 6) is -0.107. The van der Waals surface area contributed by atoms with Gasteiger partial charge in [0.05, 0.1) is 6.33 Å². The van der Waals surface area contributed by atoms with E-state index in [1.54, 1.807) is 12.5 Å². The Morgan fingerprint density at radius 1 is 1.21 bits per heavy atom. The molecule has 1 aliphatic heterocycles. The minimum absolute atomic E-state index is 0.327. The second kappa shape index (κ2) is 6.40. The van der Waals surface area contributed by atoms with Crippen LogP contribution in [-0.2, 0) is 11.3 Å². The van der Waals surface area contributed by atoms with Crippen LogP contribution in [0.25, 0.3) is 5.69 Å². The molecule has 5 heteroatoms. The number of fused-ring (bicyclic) bond motifs is 1. The summed E-state index contributed by atoms with van der Waals surface area (Å²) in [4.78, 5) is 18.0. The number of hydrogen-bond acceptors (Lipinski definition) is 3. The zero-order valence-electron chi connectivity index (χ0n) is 13.7. The Bertz CT molecular complexity index is 696. The van der Waals surface area contributed by atoms with Crippen molar-refractivity contribution < 1.29 is 9.90 Å². The quantitative estimate of drug-likeness (QED) is 0.938. The predicted octanol–water partition coefficient (Wildman–Crippen LogP) is 3.09. The molecule has 0 bridgehead atoms. The highest BCUT2D eigenvalue weighted by atomic mass is 16.4. The van der Waals surface area contributed by atoms with Crippen molar-refractivity contribution in [1.29, 1.82) is 0 Å². The molecule has 0 radical (unpaired) electrons. The number of carboxylic acid groups (broad SMARTS) is 1. The Kier molecular flexibility index (Phi) is 4.10. The Balaban J connectivity index is 1.53. The summed E-state index contributed by atoms with van der Waals surface area (Å²) in [7, 11) is 0. The van der Waals surface area contributed by atoms with Crippen LogP contribution in [0.5, 0.6) is 0 Å². The molecule has 4 rings (SSSR count). The summed E-state index contributed by atoms with van der Waals surface area (Å²) in [5.41, 5.74) is 2.25. The number of aromatic nitrogens is 2. The third-order valence-electron chi connectivity index (χ3n) is 5.61. The first-order chi connectivity index (χ1) is 11.7. The number of rotatable bonds is 4. The highest BCUT2D eigenvalue weighted by molar-refractivity contribution is 5.74. The molecule has 2 fully saturated rings. The van der Waals surface area contributed by atoms with Gasteiger partial charge in [-0.15, -0.1) is 0 Å². The van der Waals surface area contributed by atoms with Crippen molar-refractivity contribution in [3.63, 3.8) is 0 Å². The second-order valence-electron chi connectivity index (χ2n) is 7.01. The predicted molar refractivity (Wildman–Crippen MR) is 90.9 cm³/mol. The van der Waals surface area contributed by atoms with Crippen LogP contribution >= 0.6 is 0 Å². The second-order valence-corrected chi connectivity index (χ2v) is 7.01. The fraction of sp³-hybridized carbons (Fsp3) is 0.474. The number of carboxylic acids is 1. The molecule has 0 unspecified atom stereocenters. The van der Waals surface area contributed by atoms with Crippen molar-refractivity contribution in [3.8, 4) is 5.69 Å².